The van der Waals surface area contributed by atoms with Gasteiger partial charge in [-0.05, 0) is 71.6 Å². The van der Waals surface area contributed by atoms with Crippen molar-refractivity contribution in [3.05, 3.63) is 101 Å². The Morgan fingerprint density at radius 1 is 1.08 bits per heavy atom. The molecule has 0 atom stereocenters. The molecule has 0 fully saturated rings. The van der Waals surface area contributed by atoms with Crippen molar-refractivity contribution >= 4 is 17.4 Å². The van der Waals surface area contributed by atoms with Gasteiger partial charge in [-0.15, -0.1) is 0 Å². The van der Waals surface area contributed by atoms with E-state index in [1.54, 1.807) is 18.5 Å². The molecule has 180 valence electrons. The second-order valence-electron chi connectivity index (χ2n) is 9.01. The van der Waals surface area contributed by atoms with Crippen molar-refractivity contribution < 1.29 is 10.9 Å². The number of pyridine rings is 2. The predicted molar refractivity (Wildman–Crippen MR) is 140 cm³/mol. The second kappa shape index (κ2) is 9.79. The van der Waals surface area contributed by atoms with Crippen LogP contribution in [0.25, 0.3) is 11.1 Å². The van der Waals surface area contributed by atoms with Crippen LogP contribution in [0.1, 0.15) is 32.6 Å². The van der Waals surface area contributed by atoms with Gasteiger partial charge in [-0.2, -0.15) is 0 Å². The highest BCUT2D eigenvalue weighted by molar-refractivity contribution is 6.04. The number of aromatic nitrogens is 2. The summed E-state index contributed by atoms with van der Waals surface area (Å²) in [6.45, 7) is 2.86. The van der Waals surface area contributed by atoms with E-state index in [1.807, 2.05) is 54.7 Å². The number of nitrogens with one attached hydrogen (secondary N) is 3. The van der Waals surface area contributed by atoms with Crippen LogP contribution in [0.4, 0.5) is 11.5 Å². The summed E-state index contributed by atoms with van der Waals surface area (Å²) in [5, 5.41) is 7.74. The number of rotatable bonds is 6. The molecule has 0 radical (unpaired) electrons. The Kier molecular flexibility index (Phi) is 5.74. The molecule has 2 aliphatic rings. The molecule has 2 aliphatic heterocycles. The zero-order valence-corrected chi connectivity index (χ0v) is 19.8. The Morgan fingerprint density at radius 3 is 2.92 bits per heavy atom. The Labute approximate surface area is 211 Å². The molecule has 0 spiro atoms. The first kappa shape index (κ1) is 21.1. The molecule has 3 N–H and O–H groups in total. The minimum Gasteiger partial charge on any atom is -0.492 e. The van der Waals surface area contributed by atoms with Gasteiger partial charge in [-0.1, -0.05) is 18.2 Å². The summed E-state index contributed by atoms with van der Waals surface area (Å²) in [7, 11) is 0. The third-order valence-electron chi connectivity index (χ3n) is 6.66. The highest BCUT2D eigenvalue weighted by Gasteiger charge is 2.22. The summed E-state index contributed by atoms with van der Waals surface area (Å²) in [6, 6.07) is 17.1. The highest BCUT2D eigenvalue weighted by atomic mass is 16.5. The number of ether oxygens (including phenoxy) is 1. The number of hydrogen-bond donors (Lipinski definition) is 3. The zero-order chi connectivity index (χ0) is 25.2. The monoisotopic (exact) mass is 478 g/mol. The first-order valence-electron chi connectivity index (χ1n) is 12.7. The van der Waals surface area contributed by atoms with Gasteiger partial charge in [0.1, 0.15) is 11.6 Å². The summed E-state index contributed by atoms with van der Waals surface area (Å²) >= 11 is 0. The van der Waals surface area contributed by atoms with E-state index in [4.69, 9.17) is 6.15 Å². The number of carbonyl (C=O) groups is 1. The molecule has 36 heavy (non-hydrogen) atoms. The molecule has 0 aliphatic carbocycles. The third-order valence-corrected chi connectivity index (χ3v) is 6.66. The summed E-state index contributed by atoms with van der Waals surface area (Å²) in [4.78, 5) is 21.9. The smallest absolute Gasteiger partial charge is 0.255 e. The van der Waals surface area contributed by atoms with Gasteiger partial charge in [0, 0.05) is 60.5 Å². The number of fused-ring (bicyclic) bond motifs is 2. The molecule has 2 aromatic heterocycles. The topological polar surface area (TPSA) is 88.2 Å². The van der Waals surface area contributed by atoms with Crippen LogP contribution in [-0.4, -0.2) is 29.0 Å². The Bertz CT molecular complexity index is 1460. The molecule has 0 saturated heterocycles. The molecule has 6 rings (SSSR count). The van der Waals surface area contributed by atoms with Crippen molar-refractivity contribution in [2.75, 3.05) is 23.8 Å². The van der Waals surface area contributed by atoms with Crippen molar-refractivity contribution in [3.63, 3.8) is 0 Å². The van der Waals surface area contributed by atoms with Crippen LogP contribution in [0.5, 0.6) is 5.75 Å². The maximum atomic E-state index is 13.1. The molecule has 0 bridgehead atoms. The molecule has 2 aromatic carbocycles. The lowest BCUT2D eigenvalue weighted by Crippen LogP contribution is -2.24. The van der Waals surface area contributed by atoms with Crippen LogP contribution in [0.15, 0.2) is 73.2 Å². The van der Waals surface area contributed by atoms with Gasteiger partial charge in [-0.3, -0.25) is 9.78 Å². The number of benzene rings is 2. The van der Waals surface area contributed by atoms with Gasteiger partial charge < -0.3 is 20.7 Å². The lowest BCUT2D eigenvalue weighted by molar-refractivity contribution is 0.102. The summed E-state index contributed by atoms with van der Waals surface area (Å²) in [5.41, 5.74) is 7.45. The van der Waals surface area contributed by atoms with Crippen LogP contribution in [0, 0.1) is 0 Å². The average molecular weight is 479 g/mol. The van der Waals surface area contributed by atoms with Crippen molar-refractivity contribution in [1.82, 2.24) is 15.3 Å². The van der Waals surface area contributed by atoms with E-state index in [-0.39, 0.29) is 5.91 Å². The molecular formula is C29H27N5O2. The first-order valence-corrected chi connectivity index (χ1v) is 12.2. The van der Waals surface area contributed by atoms with Gasteiger partial charge in [0.2, 0.25) is 0 Å². The fraction of sp³-hybridized carbons (Fsp3) is 0.207. The quantitative estimate of drug-likeness (QED) is 0.376. The van der Waals surface area contributed by atoms with Gasteiger partial charge in [0.25, 0.3) is 5.91 Å². The molecule has 4 heterocycles. The zero-order valence-electron chi connectivity index (χ0n) is 20.8. The number of carbonyl (C=O) groups excluding carboxylic acids is 1. The van der Waals surface area contributed by atoms with E-state index in [1.165, 1.54) is 11.1 Å². The lowest BCUT2D eigenvalue weighted by atomic mass is 9.98. The van der Waals surface area contributed by atoms with Crippen molar-refractivity contribution in [3.8, 4) is 16.9 Å². The van der Waals surface area contributed by atoms with E-state index in [2.05, 4.69) is 20.6 Å². The summed E-state index contributed by atoms with van der Waals surface area (Å²) < 4.78 is 14.5. The van der Waals surface area contributed by atoms with Crippen molar-refractivity contribution in [2.24, 2.45) is 0 Å². The van der Waals surface area contributed by atoms with E-state index >= 15 is 0 Å². The van der Waals surface area contributed by atoms with E-state index in [0.717, 1.165) is 65.1 Å². The minimum atomic E-state index is -0.338. The van der Waals surface area contributed by atoms with Gasteiger partial charge in [0.15, 0.2) is 1.41 Å². The standard InChI is InChI=1S/C29H27N5O2/c35-29(22-4-5-23-17-31-12-8-21(23)15-22)34-24-3-1-2-19(14-24)16-32-28-25-9-13-36-27(25)26(18-33-28)20-6-10-30-11-7-20/h1-7,10-11,14-15,18,31H,8-9,12-13,16-17H2,(H,32,33)(H,34,35)/i/hD. The molecular weight excluding hydrogens is 450 g/mol. The molecule has 0 unspecified atom stereocenters. The largest absolute Gasteiger partial charge is 0.492 e. The molecule has 1 amide bonds. The minimum absolute atomic E-state index is 0.338. The Balaban J connectivity index is 1.18. The van der Waals surface area contributed by atoms with E-state index < -0.39 is 0 Å². The number of anilines is 2. The fourth-order valence-electron chi connectivity index (χ4n) is 4.79. The van der Waals surface area contributed by atoms with Crippen LogP contribution < -0.4 is 20.7 Å². The maximum absolute atomic E-state index is 13.1. The SMILES string of the molecule is [2H]N(C(=O)c1ccc2c(c1)CCNC2)c1cccc(CNc2ncc(-c3ccncc3)c3c2CCO3)c1. The highest BCUT2D eigenvalue weighted by Crippen LogP contribution is 2.39. The number of hydrogen-bond acceptors (Lipinski definition) is 6. The summed E-state index contributed by atoms with van der Waals surface area (Å²) in [6.07, 6.45) is 7.03. The van der Waals surface area contributed by atoms with Crippen LogP contribution in [0.2, 0.25) is 1.41 Å². The third kappa shape index (κ3) is 4.53. The lowest BCUT2D eigenvalue weighted by Gasteiger charge is -2.17. The molecule has 0 saturated carbocycles. The molecule has 7 heteroatoms. The number of amides is 1. The van der Waals surface area contributed by atoms with E-state index in [0.29, 0.717) is 24.4 Å². The van der Waals surface area contributed by atoms with E-state index in [9.17, 15) is 4.79 Å². The van der Waals surface area contributed by atoms with Crippen molar-refractivity contribution in [1.29, 1.82) is 0 Å². The van der Waals surface area contributed by atoms with Gasteiger partial charge in [-0.25, -0.2) is 4.98 Å². The summed E-state index contributed by atoms with van der Waals surface area (Å²) in [5.74, 6) is 1.31. The van der Waals surface area contributed by atoms with Gasteiger partial charge in [0.05, 0.1) is 6.61 Å². The average Bonchev–Trinajstić information content (AvgIpc) is 3.46. The Hall–Kier alpha value is -4.23. The predicted octanol–water partition coefficient (Wildman–Crippen LogP) is 4.59. The van der Waals surface area contributed by atoms with Crippen molar-refractivity contribution in [2.45, 2.75) is 25.9 Å². The Morgan fingerprint density at radius 2 is 2.00 bits per heavy atom. The normalized spacial score (nSPS) is 14.3. The van der Waals surface area contributed by atoms with Gasteiger partial charge >= 0.3 is 0 Å². The van der Waals surface area contributed by atoms with Crippen LogP contribution in [-0.2, 0) is 25.9 Å². The second-order valence-corrected chi connectivity index (χ2v) is 9.01. The molecule has 4 aromatic rings. The number of nitrogens with zero attached hydrogens (tertiary/aromatic N) is 2. The molecule has 7 nitrogen and oxygen atoms in total. The van der Waals surface area contributed by atoms with Crippen LogP contribution >= 0.6 is 0 Å². The maximum Gasteiger partial charge on any atom is 0.255 e. The first-order chi connectivity index (χ1) is 18.2. The van der Waals surface area contributed by atoms with Crippen LogP contribution in [0.3, 0.4) is 0 Å². The fourth-order valence-corrected chi connectivity index (χ4v) is 4.79.